The number of halogens is 1. The van der Waals surface area contributed by atoms with Crippen molar-refractivity contribution >= 4 is 15.9 Å². The fourth-order valence-electron chi connectivity index (χ4n) is 3.27. The largest absolute Gasteiger partial charge is 0.381 e. The molecule has 118 valence electrons. The Labute approximate surface area is 135 Å². The molecule has 1 aromatic rings. The number of ether oxygens (including phenoxy) is 1. The highest BCUT2D eigenvalue weighted by Gasteiger charge is 2.36. The van der Waals surface area contributed by atoms with Gasteiger partial charge in [-0.3, -0.25) is 4.68 Å². The summed E-state index contributed by atoms with van der Waals surface area (Å²) in [5.74, 6) is 0. The molecule has 2 fully saturated rings. The van der Waals surface area contributed by atoms with E-state index in [9.17, 15) is 0 Å². The Hall–Kier alpha value is -0.390. The Kier molecular flexibility index (Phi) is 4.71. The van der Waals surface area contributed by atoms with E-state index >= 15 is 0 Å². The number of aromatic nitrogens is 2. The van der Waals surface area contributed by atoms with Gasteiger partial charge in [-0.1, -0.05) is 6.92 Å². The van der Waals surface area contributed by atoms with Gasteiger partial charge in [-0.15, -0.1) is 0 Å². The quantitative estimate of drug-likeness (QED) is 0.852. The molecule has 1 saturated carbocycles. The second-order valence-electron chi connectivity index (χ2n) is 6.67. The molecule has 21 heavy (non-hydrogen) atoms. The maximum absolute atomic E-state index is 5.84. The molecule has 2 aliphatic rings. The van der Waals surface area contributed by atoms with Crippen molar-refractivity contribution in [1.29, 1.82) is 0 Å². The Morgan fingerprint density at radius 2 is 2.29 bits per heavy atom. The van der Waals surface area contributed by atoms with Crippen LogP contribution in [0.25, 0.3) is 0 Å². The number of hydrogen-bond donors (Lipinski definition) is 1. The van der Waals surface area contributed by atoms with Gasteiger partial charge in [-0.05, 0) is 54.5 Å². The average molecular weight is 356 g/mol. The van der Waals surface area contributed by atoms with Crippen molar-refractivity contribution in [2.24, 2.45) is 12.5 Å². The zero-order chi connectivity index (χ0) is 14.9. The number of nitrogens with one attached hydrogen (secondary N) is 1. The summed E-state index contributed by atoms with van der Waals surface area (Å²) in [5.41, 5.74) is 2.70. The number of hydrogen-bond acceptors (Lipinski definition) is 3. The summed E-state index contributed by atoms with van der Waals surface area (Å²) in [6.45, 7) is 5.01. The highest BCUT2D eigenvalue weighted by Crippen LogP contribution is 2.36. The van der Waals surface area contributed by atoms with E-state index in [2.05, 4.69) is 45.0 Å². The predicted molar refractivity (Wildman–Crippen MR) is 87.5 cm³/mol. The highest BCUT2D eigenvalue weighted by atomic mass is 79.9. The van der Waals surface area contributed by atoms with Gasteiger partial charge in [0.25, 0.3) is 0 Å². The molecule has 0 radical (unpaired) electrons. The SMILES string of the molecule is CCc1nn(C)c(CC2(CNC3CC3)CCCOC2)c1Br. The molecule has 0 spiro atoms. The monoisotopic (exact) mass is 355 g/mol. The summed E-state index contributed by atoms with van der Waals surface area (Å²) in [4.78, 5) is 0. The third-order valence-electron chi connectivity index (χ3n) is 4.79. The lowest BCUT2D eigenvalue weighted by atomic mass is 9.78. The maximum Gasteiger partial charge on any atom is 0.0766 e. The van der Waals surface area contributed by atoms with Crippen LogP contribution in [-0.2, 0) is 24.6 Å². The fraction of sp³-hybridized carbons (Fsp3) is 0.812. The van der Waals surface area contributed by atoms with Crippen LogP contribution in [0, 0.1) is 5.41 Å². The van der Waals surface area contributed by atoms with E-state index in [0.717, 1.165) is 44.3 Å². The lowest BCUT2D eigenvalue weighted by Crippen LogP contribution is -2.43. The molecule has 2 heterocycles. The molecular weight excluding hydrogens is 330 g/mol. The Morgan fingerprint density at radius 3 is 2.86 bits per heavy atom. The molecule has 0 amide bonds. The van der Waals surface area contributed by atoms with E-state index in [4.69, 9.17) is 4.74 Å². The smallest absolute Gasteiger partial charge is 0.0766 e. The van der Waals surface area contributed by atoms with Gasteiger partial charge in [-0.2, -0.15) is 5.10 Å². The predicted octanol–water partition coefficient (Wildman–Crippen LogP) is 2.84. The van der Waals surface area contributed by atoms with Gasteiger partial charge in [0, 0.05) is 31.7 Å². The number of aryl methyl sites for hydroxylation is 2. The number of nitrogens with zero attached hydrogens (tertiary/aromatic N) is 2. The van der Waals surface area contributed by atoms with E-state index in [-0.39, 0.29) is 5.41 Å². The standard InChI is InChI=1S/C16H26BrN3O/c1-3-13-15(17)14(20(2)19-13)9-16(7-4-8-21-11-16)10-18-12-5-6-12/h12,18H,3-11H2,1-2H3. The minimum Gasteiger partial charge on any atom is -0.381 e. The molecule has 1 saturated heterocycles. The minimum atomic E-state index is 0.224. The summed E-state index contributed by atoms with van der Waals surface area (Å²) < 4.78 is 9.09. The van der Waals surface area contributed by atoms with Crippen LogP contribution >= 0.6 is 15.9 Å². The first kappa shape index (κ1) is 15.5. The molecule has 1 aliphatic heterocycles. The van der Waals surface area contributed by atoms with Gasteiger partial charge < -0.3 is 10.1 Å². The van der Waals surface area contributed by atoms with Crippen LogP contribution < -0.4 is 5.32 Å². The van der Waals surface area contributed by atoms with Crippen molar-refractivity contribution in [3.8, 4) is 0 Å². The van der Waals surface area contributed by atoms with Crippen molar-refractivity contribution < 1.29 is 4.74 Å². The summed E-state index contributed by atoms with van der Waals surface area (Å²) in [7, 11) is 2.06. The second kappa shape index (κ2) is 6.39. The highest BCUT2D eigenvalue weighted by molar-refractivity contribution is 9.10. The van der Waals surface area contributed by atoms with Crippen LogP contribution in [0.2, 0.25) is 0 Å². The van der Waals surface area contributed by atoms with Gasteiger partial charge >= 0.3 is 0 Å². The first-order valence-corrected chi connectivity index (χ1v) is 8.94. The molecular formula is C16H26BrN3O. The van der Waals surface area contributed by atoms with Gasteiger partial charge in [0.2, 0.25) is 0 Å². The average Bonchev–Trinajstić information content (AvgIpc) is 3.29. The summed E-state index contributed by atoms with van der Waals surface area (Å²) in [6.07, 6.45) is 7.10. The van der Waals surface area contributed by atoms with Crippen LogP contribution in [0.5, 0.6) is 0 Å². The first-order valence-electron chi connectivity index (χ1n) is 8.15. The van der Waals surface area contributed by atoms with E-state index in [1.165, 1.54) is 35.8 Å². The third kappa shape index (κ3) is 3.51. The Bertz CT molecular complexity index is 490. The van der Waals surface area contributed by atoms with Gasteiger partial charge in [-0.25, -0.2) is 0 Å². The van der Waals surface area contributed by atoms with Crippen LogP contribution in [0.15, 0.2) is 4.47 Å². The second-order valence-corrected chi connectivity index (χ2v) is 7.47. The van der Waals surface area contributed by atoms with E-state index in [1.54, 1.807) is 0 Å². The molecule has 1 aliphatic carbocycles. The molecule has 5 heteroatoms. The lowest BCUT2D eigenvalue weighted by molar-refractivity contribution is -0.00832. The van der Waals surface area contributed by atoms with E-state index < -0.39 is 0 Å². The topological polar surface area (TPSA) is 39.1 Å². The van der Waals surface area contributed by atoms with Crippen LogP contribution in [0.4, 0.5) is 0 Å². The Balaban J connectivity index is 1.78. The molecule has 0 aromatic carbocycles. The molecule has 0 bridgehead atoms. The first-order chi connectivity index (χ1) is 10.1. The summed E-state index contributed by atoms with van der Waals surface area (Å²) in [5, 5.41) is 8.36. The Morgan fingerprint density at radius 1 is 1.48 bits per heavy atom. The molecule has 1 aromatic heterocycles. The van der Waals surface area contributed by atoms with Crippen LogP contribution in [-0.4, -0.2) is 35.6 Å². The third-order valence-corrected chi connectivity index (χ3v) is 5.71. The van der Waals surface area contributed by atoms with Crippen molar-refractivity contribution in [1.82, 2.24) is 15.1 Å². The van der Waals surface area contributed by atoms with E-state index in [1.807, 2.05) is 0 Å². The lowest BCUT2D eigenvalue weighted by Gasteiger charge is -2.37. The molecule has 1 unspecified atom stereocenters. The van der Waals surface area contributed by atoms with Crippen LogP contribution in [0.3, 0.4) is 0 Å². The van der Waals surface area contributed by atoms with Gasteiger partial charge in [0.1, 0.15) is 0 Å². The maximum atomic E-state index is 5.84. The van der Waals surface area contributed by atoms with Gasteiger partial charge in [0.15, 0.2) is 0 Å². The molecule has 3 rings (SSSR count). The van der Waals surface area contributed by atoms with Crippen molar-refractivity contribution in [2.75, 3.05) is 19.8 Å². The molecule has 4 nitrogen and oxygen atoms in total. The minimum absolute atomic E-state index is 0.224. The fourth-order valence-corrected chi connectivity index (χ4v) is 4.02. The van der Waals surface area contributed by atoms with Crippen molar-refractivity contribution in [2.45, 2.75) is 51.5 Å². The van der Waals surface area contributed by atoms with Crippen molar-refractivity contribution in [3.05, 3.63) is 15.9 Å². The van der Waals surface area contributed by atoms with E-state index in [0.29, 0.717) is 0 Å². The van der Waals surface area contributed by atoms with Gasteiger partial charge in [0.05, 0.1) is 22.5 Å². The zero-order valence-corrected chi connectivity index (χ0v) is 14.7. The summed E-state index contributed by atoms with van der Waals surface area (Å²) in [6, 6.07) is 0.755. The zero-order valence-electron chi connectivity index (χ0n) is 13.1. The normalized spacial score (nSPS) is 26.2. The number of rotatable bonds is 6. The summed E-state index contributed by atoms with van der Waals surface area (Å²) >= 11 is 3.76. The van der Waals surface area contributed by atoms with Crippen LogP contribution in [0.1, 0.15) is 44.0 Å². The molecule has 1 N–H and O–H groups in total. The van der Waals surface area contributed by atoms with Crippen molar-refractivity contribution in [3.63, 3.8) is 0 Å². The molecule has 1 atom stereocenters.